The largest absolute Gasteiger partial charge is 0.478 e. The molecule has 3 N–H and O–H groups in total. The first-order valence-electron chi connectivity index (χ1n) is 14.8. The summed E-state index contributed by atoms with van der Waals surface area (Å²) < 4.78 is 9.83. The number of aromatic carboxylic acids is 1. The van der Waals surface area contributed by atoms with Gasteiger partial charge in [-0.2, -0.15) is 4.98 Å². The molecule has 2 fully saturated rings. The number of ether oxygens (including phenoxy) is 1. The Bertz CT molecular complexity index is 1380. The molecule has 1 unspecified atom stereocenters. The Kier molecular flexibility index (Phi) is 8.90. The Labute approximate surface area is 248 Å². The Morgan fingerprint density at radius 2 is 1.83 bits per heavy atom. The maximum absolute atomic E-state index is 11.5. The topological polar surface area (TPSA) is 96.4 Å². The van der Waals surface area contributed by atoms with Crippen LogP contribution < -0.4 is 14.8 Å². The fourth-order valence-electron chi connectivity index (χ4n) is 6.09. The molecule has 8 heteroatoms. The summed E-state index contributed by atoms with van der Waals surface area (Å²) in [6, 6.07) is 13.9. The molecule has 1 spiro atoms. The van der Waals surface area contributed by atoms with Gasteiger partial charge in [-0.15, -0.1) is 0 Å². The number of hydrogen-bond acceptors (Lipinski definition) is 7. The number of aryl methyl sites for hydroxylation is 2. The second kappa shape index (κ2) is 12.4. The van der Waals surface area contributed by atoms with Crippen LogP contribution in [0.3, 0.4) is 0 Å². The van der Waals surface area contributed by atoms with E-state index < -0.39 is 5.97 Å². The molecule has 0 radical (unpaired) electrons. The number of carboxylic acids is 1. The Morgan fingerprint density at radius 3 is 2.46 bits per heavy atom. The molecule has 1 atom stereocenters. The van der Waals surface area contributed by atoms with Gasteiger partial charge < -0.3 is 15.2 Å². The van der Waals surface area contributed by atoms with E-state index in [9.17, 15) is 9.90 Å². The van der Waals surface area contributed by atoms with Crippen molar-refractivity contribution in [1.82, 2.24) is 15.3 Å². The number of nitrogens with one attached hydrogen (secondary N) is 2. The van der Waals surface area contributed by atoms with Crippen molar-refractivity contribution in [2.24, 2.45) is 11.3 Å². The molecular formula is C33H42N4O3S. The summed E-state index contributed by atoms with van der Waals surface area (Å²) in [7, 11) is 0. The standard InChI is InChI=1S/C33H42N4O3S/c1-6-27-29(28-21(4)9-7-10-22(28)5)35-32(37-41-26-12-8-11-23(16-26)31(38)39)36-30(27)40-19-24(15-20(2)3)34-25-17-33(18-25)13-14-33/h7-12,16,20,24-25,34H,6,13-15,17-19H2,1-5H3,(H,38,39)(H,35,36,37). The van der Waals surface area contributed by atoms with Gasteiger partial charge in [-0.05, 0) is 105 Å². The minimum Gasteiger partial charge on any atom is -0.478 e. The number of hydrogen-bond donors (Lipinski definition) is 3. The maximum atomic E-state index is 11.5. The molecule has 1 aromatic heterocycles. The van der Waals surface area contributed by atoms with E-state index >= 15 is 0 Å². The third-order valence-corrected chi connectivity index (χ3v) is 9.12. The van der Waals surface area contributed by atoms with Crippen LogP contribution in [-0.4, -0.2) is 39.7 Å². The van der Waals surface area contributed by atoms with Crippen LogP contribution in [0.25, 0.3) is 11.3 Å². The molecular weight excluding hydrogens is 532 g/mol. The normalized spacial score (nSPS) is 16.4. The monoisotopic (exact) mass is 574 g/mol. The molecule has 1 heterocycles. The number of rotatable bonds is 13. The van der Waals surface area contributed by atoms with Crippen molar-refractivity contribution in [2.75, 3.05) is 11.3 Å². The van der Waals surface area contributed by atoms with Crippen molar-refractivity contribution in [3.05, 3.63) is 64.7 Å². The zero-order chi connectivity index (χ0) is 29.1. The van der Waals surface area contributed by atoms with Gasteiger partial charge in [0, 0.05) is 28.1 Å². The molecule has 41 heavy (non-hydrogen) atoms. The highest BCUT2D eigenvalue weighted by molar-refractivity contribution is 8.00. The SMILES string of the molecule is CCc1c(OCC(CC(C)C)NC2CC3(CC3)C2)nc(NSc2cccc(C(=O)O)c2)nc1-c1c(C)cccc1C. The van der Waals surface area contributed by atoms with E-state index in [-0.39, 0.29) is 11.6 Å². The highest BCUT2D eigenvalue weighted by Crippen LogP contribution is 2.60. The lowest BCUT2D eigenvalue weighted by molar-refractivity contribution is 0.0696. The molecule has 2 aliphatic carbocycles. The summed E-state index contributed by atoms with van der Waals surface area (Å²) >= 11 is 1.29. The summed E-state index contributed by atoms with van der Waals surface area (Å²) in [5.74, 6) is 0.638. The van der Waals surface area contributed by atoms with E-state index in [4.69, 9.17) is 14.7 Å². The number of benzene rings is 2. The first-order valence-corrected chi connectivity index (χ1v) is 15.6. The summed E-state index contributed by atoms with van der Waals surface area (Å²) in [6.45, 7) is 11.4. The lowest BCUT2D eigenvalue weighted by Gasteiger charge is -2.39. The zero-order valence-electron chi connectivity index (χ0n) is 24.8. The van der Waals surface area contributed by atoms with Crippen molar-refractivity contribution < 1.29 is 14.6 Å². The van der Waals surface area contributed by atoms with Gasteiger partial charge in [0.25, 0.3) is 0 Å². The molecule has 0 aliphatic heterocycles. The second-order valence-corrected chi connectivity index (χ2v) is 13.1. The van der Waals surface area contributed by atoms with Gasteiger partial charge in [0.15, 0.2) is 0 Å². The van der Waals surface area contributed by atoms with Gasteiger partial charge in [-0.25, -0.2) is 9.78 Å². The third kappa shape index (κ3) is 7.04. The van der Waals surface area contributed by atoms with Crippen LogP contribution >= 0.6 is 11.9 Å². The van der Waals surface area contributed by atoms with E-state index in [0.29, 0.717) is 35.8 Å². The number of carbonyl (C=O) groups is 1. The number of anilines is 1. The quantitative estimate of drug-likeness (QED) is 0.181. The molecule has 2 saturated carbocycles. The van der Waals surface area contributed by atoms with Crippen LogP contribution in [-0.2, 0) is 6.42 Å². The van der Waals surface area contributed by atoms with Gasteiger partial charge in [-0.3, -0.25) is 4.72 Å². The fourth-order valence-corrected chi connectivity index (χ4v) is 6.73. The number of aromatic nitrogens is 2. The van der Waals surface area contributed by atoms with E-state index in [1.165, 1.54) is 37.6 Å². The van der Waals surface area contributed by atoms with Crippen LogP contribution in [0, 0.1) is 25.2 Å². The van der Waals surface area contributed by atoms with Gasteiger partial charge in [0.2, 0.25) is 11.8 Å². The molecule has 5 rings (SSSR count). The summed E-state index contributed by atoms with van der Waals surface area (Å²) in [6.07, 6.45) is 7.15. The highest BCUT2D eigenvalue weighted by Gasteiger charge is 2.53. The minimum absolute atomic E-state index is 0.238. The summed E-state index contributed by atoms with van der Waals surface area (Å²) in [5.41, 5.74) is 6.16. The van der Waals surface area contributed by atoms with Crippen LogP contribution in [0.2, 0.25) is 0 Å². The van der Waals surface area contributed by atoms with Gasteiger partial charge >= 0.3 is 5.97 Å². The Hall–Kier alpha value is -3.10. The average molecular weight is 575 g/mol. The van der Waals surface area contributed by atoms with Crippen LogP contribution in [0.1, 0.15) is 79.9 Å². The van der Waals surface area contributed by atoms with E-state index in [2.05, 4.69) is 62.9 Å². The van der Waals surface area contributed by atoms with Crippen molar-refractivity contribution in [3.63, 3.8) is 0 Å². The Balaban J connectivity index is 1.42. The minimum atomic E-state index is -0.956. The van der Waals surface area contributed by atoms with Gasteiger partial charge in [0.05, 0.1) is 11.3 Å². The predicted molar refractivity (Wildman–Crippen MR) is 166 cm³/mol. The Morgan fingerprint density at radius 1 is 1.12 bits per heavy atom. The molecule has 2 aromatic carbocycles. The average Bonchev–Trinajstić information content (AvgIpc) is 3.71. The lowest BCUT2D eigenvalue weighted by atomic mass is 9.76. The van der Waals surface area contributed by atoms with E-state index in [1.54, 1.807) is 18.2 Å². The number of carboxylic acid groups (broad SMARTS) is 1. The fraction of sp³-hybridized carbons (Fsp3) is 0.485. The molecule has 2 aliphatic rings. The van der Waals surface area contributed by atoms with Crippen molar-refractivity contribution in [3.8, 4) is 17.1 Å². The summed E-state index contributed by atoms with van der Waals surface area (Å²) in [4.78, 5) is 22.0. The first kappa shape index (κ1) is 29.4. The van der Waals surface area contributed by atoms with Crippen molar-refractivity contribution in [2.45, 2.75) is 90.1 Å². The maximum Gasteiger partial charge on any atom is 0.335 e. The lowest BCUT2D eigenvalue weighted by Crippen LogP contribution is -2.49. The highest BCUT2D eigenvalue weighted by atomic mass is 32.2. The third-order valence-electron chi connectivity index (χ3n) is 8.35. The van der Waals surface area contributed by atoms with Crippen molar-refractivity contribution in [1.29, 1.82) is 0 Å². The zero-order valence-corrected chi connectivity index (χ0v) is 25.6. The first-order chi connectivity index (χ1) is 19.7. The molecule has 0 bridgehead atoms. The van der Waals surface area contributed by atoms with Gasteiger partial charge in [-0.1, -0.05) is 45.0 Å². The van der Waals surface area contributed by atoms with Crippen LogP contribution in [0.15, 0.2) is 47.4 Å². The predicted octanol–water partition coefficient (Wildman–Crippen LogP) is 7.47. The van der Waals surface area contributed by atoms with E-state index in [0.717, 1.165) is 45.7 Å². The van der Waals surface area contributed by atoms with Crippen LogP contribution in [0.5, 0.6) is 5.88 Å². The van der Waals surface area contributed by atoms with Crippen LogP contribution in [0.4, 0.5) is 5.95 Å². The molecule has 3 aromatic rings. The summed E-state index contributed by atoms with van der Waals surface area (Å²) in [5, 5.41) is 13.3. The van der Waals surface area contributed by atoms with Gasteiger partial charge in [0.1, 0.15) is 6.61 Å². The number of nitrogens with zero attached hydrogens (tertiary/aromatic N) is 2. The smallest absolute Gasteiger partial charge is 0.335 e. The van der Waals surface area contributed by atoms with E-state index in [1.807, 2.05) is 6.07 Å². The molecule has 7 nitrogen and oxygen atoms in total. The molecule has 0 amide bonds. The molecule has 218 valence electrons. The van der Waals surface area contributed by atoms with Crippen molar-refractivity contribution >= 4 is 23.9 Å². The second-order valence-electron chi connectivity index (χ2n) is 12.2. The molecule has 0 saturated heterocycles.